The van der Waals surface area contributed by atoms with Crippen molar-refractivity contribution in [3.63, 3.8) is 0 Å². The summed E-state index contributed by atoms with van der Waals surface area (Å²) in [5.74, 6) is 0.543. The molecule has 3 rings (SSSR count). The molecule has 0 spiro atoms. The maximum absolute atomic E-state index is 13.0. The number of nitrogens with one attached hydrogen (secondary N) is 1. The first-order valence-corrected chi connectivity index (χ1v) is 5.00. The van der Waals surface area contributed by atoms with Crippen molar-refractivity contribution in [1.82, 2.24) is 9.97 Å². The number of aromatic nitrogens is 2. The number of anilines is 1. The summed E-state index contributed by atoms with van der Waals surface area (Å²) >= 11 is 0. The summed E-state index contributed by atoms with van der Waals surface area (Å²) in [6, 6.07) is 5.11. The minimum absolute atomic E-state index is 0.265. The third-order valence-corrected chi connectivity index (χ3v) is 2.52. The number of fused-ring (bicyclic) bond motifs is 1. The summed E-state index contributed by atoms with van der Waals surface area (Å²) in [5.41, 5.74) is 0.646. The zero-order chi connectivity index (χ0) is 10.3. The number of hydrogen-bond donors (Lipinski definition) is 1. The standard InChI is InChI=1S/C11H10FN3/c12-7-1-4-9-10(5-7)13-6-14-11(9)15-8-2-3-8/h1,4-6,8H,2-3H2,(H,13,14,15). The Kier molecular flexibility index (Phi) is 1.80. The van der Waals surface area contributed by atoms with E-state index in [4.69, 9.17) is 0 Å². The number of hydrogen-bond acceptors (Lipinski definition) is 3. The lowest BCUT2D eigenvalue weighted by Gasteiger charge is -2.06. The largest absolute Gasteiger partial charge is 0.367 e. The van der Waals surface area contributed by atoms with Crippen LogP contribution in [0.15, 0.2) is 24.5 Å². The number of nitrogens with zero attached hydrogens (tertiary/aromatic N) is 2. The van der Waals surface area contributed by atoms with Crippen molar-refractivity contribution in [3.8, 4) is 0 Å². The lowest BCUT2D eigenvalue weighted by Crippen LogP contribution is -2.03. The van der Waals surface area contributed by atoms with Crippen LogP contribution >= 0.6 is 0 Å². The van der Waals surface area contributed by atoms with Gasteiger partial charge in [-0.05, 0) is 25.0 Å². The summed E-state index contributed by atoms with van der Waals surface area (Å²) in [7, 11) is 0. The number of rotatable bonds is 2. The minimum atomic E-state index is -0.265. The molecule has 0 saturated heterocycles. The van der Waals surface area contributed by atoms with Crippen molar-refractivity contribution in [2.24, 2.45) is 0 Å². The lowest BCUT2D eigenvalue weighted by atomic mass is 10.2. The van der Waals surface area contributed by atoms with Gasteiger partial charge in [-0.1, -0.05) is 0 Å². The van der Waals surface area contributed by atoms with Crippen LogP contribution in [0.3, 0.4) is 0 Å². The third kappa shape index (κ3) is 1.63. The molecule has 1 aromatic heterocycles. The summed E-state index contributed by atoms with van der Waals surface area (Å²) in [5, 5.41) is 4.19. The van der Waals surface area contributed by atoms with Gasteiger partial charge >= 0.3 is 0 Å². The first-order chi connectivity index (χ1) is 7.33. The molecule has 4 heteroatoms. The molecule has 0 radical (unpaired) electrons. The Hall–Kier alpha value is -1.71. The molecular formula is C11H10FN3. The average molecular weight is 203 g/mol. The number of halogens is 1. The zero-order valence-corrected chi connectivity index (χ0v) is 8.07. The summed E-state index contributed by atoms with van der Waals surface area (Å²) in [6.45, 7) is 0. The Bertz CT molecular complexity index is 508. The van der Waals surface area contributed by atoms with Crippen molar-refractivity contribution < 1.29 is 4.39 Å². The Morgan fingerprint density at radius 1 is 1.27 bits per heavy atom. The van der Waals surface area contributed by atoms with Crippen LogP contribution in [0.2, 0.25) is 0 Å². The lowest BCUT2D eigenvalue weighted by molar-refractivity contribution is 0.629. The molecule has 1 aliphatic rings. The quantitative estimate of drug-likeness (QED) is 0.814. The molecule has 1 aromatic carbocycles. The molecule has 0 unspecified atom stereocenters. The third-order valence-electron chi connectivity index (χ3n) is 2.52. The van der Waals surface area contributed by atoms with Crippen molar-refractivity contribution in [3.05, 3.63) is 30.3 Å². The van der Waals surface area contributed by atoms with E-state index in [1.807, 2.05) is 0 Å². The van der Waals surface area contributed by atoms with Gasteiger partial charge in [-0.25, -0.2) is 14.4 Å². The van der Waals surface area contributed by atoms with Crippen LogP contribution in [0.25, 0.3) is 10.9 Å². The Labute approximate surface area is 86.4 Å². The van der Waals surface area contributed by atoms with E-state index in [0.29, 0.717) is 11.6 Å². The highest BCUT2D eigenvalue weighted by Gasteiger charge is 2.22. The fourth-order valence-electron chi connectivity index (χ4n) is 1.57. The van der Waals surface area contributed by atoms with Crippen LogP contribution in [0.1, 0.15) is 12.8 Å². The van der Waals surface area contributed by atoms with Crippen molar-refractivity contribution in [2.75, 3.05) is 5.32 Å². The second kappa shape index (κ2) is 3.15. The van der Waals surface area contributed by atoms with Gasteiger partial charge in [0.25, 0.3) is 0 Å². The van der Waals surface area contributed by atoms with Crippen LogP contribution in [0.5, 0.6) is 0 Å². The van der Waals surface area contributed by atoms with E-state index in [9.17, 15) is 4.39 Å². The Morgan fingerprint density at radius 2 is 2.13 bits per heavy atom. The van der Waals surface area contributed by atoms with E-state index in [0.717, 1.165) is 11.2 Å². The maximum Gasteiger partial charge on any atom is 0.137 e. The highest BCUT2D eigenvalue weighted by atomic mass is 19.1. The molecule has 1 fully saturated rings. The Balaban J connectivity index is 2.12. The fourth-order valence-corrected chi connectivity index (χ4v) is 1.57. The summed E-state index contributed by atoms with van der Waals surface area (Å²) in [6.07, 6.45) is 3.84. The molecule has 1 heterocycles. The van der Waals surface area contributed by atoms with E-state index in [2.05, 4.69) is 15.3 Å². The highest BCUT2D eigenvalue weighted by Crippen LogP contribution is 2.27. The van der Waals surface area contributed by atoms with Gasteiger partial charge in [-0.2, -0.15) is 0 Å². The van der Waals surface area contributed by atoms with Crippen molar-refractivity contribution in [2.45, 2.75) is 18.9 Å². The van der Waals surface area contributed by atoms with Crippen LogP contribution in [0.4, 0.5) is 10.2 Å². The average Bonchev–Trinajstić information content (AvgIpc) is 3.01. The summed E-state index contributed by atoms with van der Waals surface area (Å²) in [4.78, 5) is 8.21. The topological polar surface area (TPSA) is 37.8 Å². The maximum atomic E-state index is 13.0. The monoisotopic (exact) mass is 203 g/mol. The molecule has 76 valence electrons. The van der Waals surface area contributed by atoms with Crippen LogP contribution < -0.4 is 5.32 Å². The minimum Gasteiger partial charge on any atom is -0.367 e. The van der Waals surface area contributed by atoms with E-state index >= 15 is 0 Å². The normalized spacial score (nSPS) is 15.5. The van der Waals surface area contributed by atoms with Crippen LogP contribution in [-0.2, 0) is 0 Å². The van der Waals surface area contributed by atoms with Crippen molar-refractivity contribution >= 4 is 16.7 Å². The van der Waals surface area contributed by atoms with Crippen LogP contribution in [0, 0.1) is 5.82 Å². The smallest absolute Gasteiger partial charge is 0.137 e. The van der Waals surface area contributed by atoms with Gasteiger partial charge in [0.1, 0.15) is 18.0 Å². The molecule has 3 nitrogen and oxygen atoms in total. The van der Waals surface area contributed by atoms with Gasteiger partial charge in [-0.15, -0.1) is 0 Å². The molecule has 1 N–H and O–H groups in total. The second-order valence-electron chi connectivity index (χ2n) is 3.80. The number of benzene rings is 1. The van der Waals surface area contributed by atoms with Gasteiger partial charge in [0.05, 0.1) is 5.52 Å². The molecule has 0 bridgehead atoms. The molecule has 0 aliphatic heterocycles. The first-order valence-electron chi connectivity index (χ1n) is 5.00. The first kappa shape index (κ1) is 8.59. The van der Waals surface area contributed by atoms with E-state index < -0.39 is 0 Å². The molecule has 0 amide bonds. The zero-order valence-electron chi connectivity index (χ0n) is 8.07. The highest BCUT2D eigenvalue weighted by molar-refractivity contribution is 5.88. The van der Waals surface area contributed by atoms with Gasteiger partial charge in [0, 0.05) is 17.5 Å². The van der Waals surface area contributed by atoms with E-state index in [-0.39, 0.29) is 5.82 Å². The molecule has 15 heavy (non-hydrogen) atoms. The second-order valence-corrected chi connectivity index (χ2v) is 3.80. The fraction of sp³-hybridized carbons (Fsp3) is 0.273. The van der Waals surface area contributed by atoms with Crippen LogP contribution in [-0.4, -0.2) is 16.0 Å². The molecule has 0 atom stereocenters. The summed E-state index contributed by atoms with van der Waals surface area (Å²) < 4.78 is 13.0. The molecule has 1 saturated carbocycles. The molecule has 1 aliphatic carbocycles. The Morgan fingerprint density at radius 3 is 2.93 bits per heavy atom. The van der Waals surface area contributed by atoms with Gasteiger partial charge in [-0.3, -0.25) is 0 Å². The van der Waals surface area contributed by atoms with Crippen molar-refractivity contribution in [1.29, 1.82) is 0 Å². The van der Waals surface area contributed by atoms with E-state index in [1.165, 1.54) is 31.3 Å². The molecular weight excluding hydrogens is 193 g/mol. The SMILES string of the molecule is Fc1ccc2c(NC3CC3)ncnc2c1. The van der Waals surface area contributed by atoms with Gasteiger partial charge in [0.15, 0.2) is 0 Å². The van der Waals surface area contributed by atoms with E-state index in [1.54, 1.807) is 6.07 Å². The predicted octanol–water partition coefficient (Wildman–Crippen LogP) is 2.34. The molecule has 2 aromatic rings. The van der Waals surface area contributed by atoms with Gasteiger partial charge < -0.3 is 5.32 Å². The predicted molar refractivity (Wildman–Crippen MR) is 56.1 cm³/mol. The van der Waals surface area contributed by atoms with Gasteiger partial charge in [0.2, 0.25) is 0 Å².